The van der Waals surface area contributed by atoms with Gasteiger partial charge in [0, 0.05) is 12.5 Å². The molecule has 0 spiro atoms. The highest BCUT2D eigenvalue weighted by atomic mass is 19.3. The summed E-state index contributed by atoms with van der Waals surface area (Å²) < 4.78 is 34.2. The number of alkyl halides is 2. The Morgan fingerprint density at radius 2 is 2.00 bits per heavy atom. The average molecular weight is 364 g/mol. The number of nitrogens with one attached hydrogen (secondary N) is 1. The Kier molecular flexibility index (Phi) is 5.30. The number of aromatic amines is 1. The van der Waals surface area contributed by atoms with Gasteiger partial charge in [-0.2, -0.15) is 8.78 Å². The van der Waals surface area contributed by atoms with Crippen molar-refractivity contribution in [3.63, 3.8) is 0 Å². The van der Waals surface area contributed by atoms with Crippen LogP contribution in [0.3, 0.4) is 0 Å². The number of rotatable bonds is 7. The number of halogens is 2. The molecule has 1 fully saturated rings. The van der Waals surface area contributed by atoms with Crippen molar-refractivity contribution in [3.05, 3.63) is 34.2 Å². The molecule has 142 valence electrons. The van der Waals surface area contributed by atoms with Crippen molar-refractivity contribution in [1.29, 1.82) is 0 Å². The maximum absolute atomic E-state index is 14.6. The van der Waals surface area contributed by atoms with Gasteiger partial charge in [-0.15, -0.1) is 0 Å². The molecule has 0 atom stereocenters. The monoisotopic (exact) mass is 364 g/mol. The van der Waals surface area contributed by atoms with E-state index < -0.39 is 17.2 Å². The number of unbranched alkanes of at least 4 members (excludes halogenated alkanes) is 1. The Morgan fingerprint density at radius 3 is 2.69 bits per heavy atom. The summed E-state index contributed by atoms with van der Waals surface area (Å²) in [5.74, 6) is -2.69. The Morgan fingerprint density at radius 1 is 1.27 bits per heavy atom. The first-order chi connectivity index (χ1) is 12.3. The van der Waals surface area contributed by atoms with Crippen molar-refractivity contribution >= 4 is 11.0 Å². The van der Waals surface area contributed by atoms with E-state index in [1.165, 1.54) is 32.8 Å². The minimum Gasteiger partial charge on any atom is -0.497 e. The van der Waals surface area contributed by atoms with E-state index in [2.05, 4.69) is 16.9 Å². The van der Waals surface area contributed by atoms with Crippen LogP contribution in [-0.4, -0.2) is 17.1 Å². The van der Waals surface area contributed by atoms with Crippen LogP contribution in [0.1, 0.15) is 64.0 Å². The van der Waals surface area contributed by atoms with Crippen LogP contribution in [0.4, 0.5) is 8.78 Å². The molecule has 3 rings (SSSR count). The quantitative estimate of drug-likeness (QED) is 0.690. The molecule has 0 unspecified atom stereocenters. The second kappa shape index (κ2) is 7.33. The molecule has 1 heterocycles. The van der Waals surface area contributed by atoms with Crippen molar-refractivity contribution in [2.45, 2.75) is 64.2 Å². The predicted octanol–water partition coefficient (Wildman–Crippen LogP) is 5.16. The lowest BCUT2D eigenvalue weighted by Crippen LogP contribution is -2.27. The Hall–Kier alpha value is -1.98. The van der Waals surface area contributed by atoms with Crippen molar-refractivity contribution in [2.75, 3.05) is 7.11 Å². The zero-order valence-corrected chi connectivity index (χ0v) is 15.4. The largest absolute Gasteiger partial charge is 0.497 e. The molecule has 1 N–H and O–H groups in total. The van der Waals surface area contributed by atoms with Crippen LogP contribution in [0.15, 0.2) is 23.0 Å². The van der Waals surface area contributed by atoms with Crippen LogP contribution in [0.5, 0.6) is 5.75 Å². The fourth-order valence-electron chi connectivity index (χ4n) is 3.94. The minimum atomic E-state index is -3.22. The number of hydrogen-bond acceptors (Lipinski definition) is 3. The van der Waals surface area contributed by atoms with E-state index in [-0.39, 0.29) is 6.42 Å². The lowest BCUT2D eigenvalue weighted by Gasteiger charge is -2.23. The van der Waals surface area contributed by atoms with Crippen molar-refractivity contribution in [3.8, 4) is 5.75 Å². The van der Waals surface area contributed by atoms with E-state index in [1.807, 2.05) is 0 Å². The SMILES string of the molecule is COc1ccc2nc(C(F)(F)CCCCC3(C)CCCC3)c(=O)[nH]c2c1. The summed E-state index contributed by atoms with van der Waals surface area (Å²) in [7, 11) is 1.50. The summed E-state index contributed by atoms with van der Waals surface area (Å²) in [4.78, 5) is 18.6. The topological polar surface area (TPSA) is 55.0 Å². The molecule has 1 aliphatic carbocycles. The molecular formula is C20H26F2N2O2. The molecule has 0 aliphatic heterocycles. The number of fused-ring (bicyclic) bond motifs is 1. The van der Waals surface area contributed by atoms with Crippen LogP contribution >= 0.6 is 0 Å². The molecule has 1 aromatic heterocycles. The molecule has 0 bridgehead atoms. The molecule has 2 aromatic rings. The summed E-state index contributed by atoms with van der Waals surface area (Å²) in [6.45, 7) is 2.25. The summed E-state index contributed by atoms with van der Waals surface area (Å²) in [5, 5.41) is 0. The predicted molar refractivity (Wildman–Crippen MR) is 97.9 cm³/mol. The first-order valence-corrected chi connectivity index (χ1v) is 9.29. The highest BCUT2D eigenvalue weighted by Crippen LogP contribution is 2.42. The first kappa shape index (κ1) is 18.8. The molecule has 1 aliphatic rings. The second-order valence-corrected chi connectivity index (χ2v) is 7.73. The normalized spacial score (nSPS) is 16.9. The number of aromatic nitrogens is 2. The van der Waals surface area contributed by atoms with Gasteiger partial charge in [-0.3, -0.25) is 4.79 Å². The van der Waals surface area contributed by atoms with Crippen molar-refractivity contribution < 1.29 is 13.5 Å². The van der Waals surface area contributed by atoms with Crippen LogP contribution in [-0.2, 0) is 5.92 Å². The summed E-state index contributed by atoms with van der Waals surface area (Å²) in [6.07, 6.45) is 6.66. The van der Waals surface area contributed by atoms with E-state index in [0.717, 1.165) is 12.8 Å². The molecule has 1 aromatic carbocycles. The zero-order chi connectivity index (χ0) is 18.8. The number of benzene rings is 1. The lowest BCUT2D eigenvalue weighted by atomic mass is 9.83. The molecule has 1 saturated carbocycles. The van der Waals surface area contributed by atoms with Gasteiger partial charge in [-0.05, 0) is 43.2 Å². The van der Waals surface area contributed by atoms with Gasteiger partial charge in [-0.1, -0.05) is 26.2 Å². The minimum absolute atomic E-state index is 0.313. The fraction of sp³-hybridized carbons (Fsp3) is 0.600. The third-order valence-corrected chi connectivity index (χ3v) is 5.58. The average Bonchev–Trinajstić information content (AvgIpc) is 3.04. The van der Waals surface area contributed by atoms with E-state index in [9.17, 15) is 13.6 Å². The Bertz CT molecular complexity index is 826. The highest BCUT2D eigenvalue weighted by molar-refractivity contribution is 5.75. The molecule has 0 saturated heterocycles. The second-order valence-electron chi connectivity index (χ2n) is 7.73. The van der Waals surface area contributed by atoms with E-state index >= 15 is 0 Å². The van der Waals surface area contributed by atoms with E-state index in [1.54, 1.807) is 18.2 Å². The molecule has 6 heteroatoms. The fourth-order valence-corrected chi connectivity index (χ4v) is 3.94. The third-order valence-electron chi connectivity index (χ3n) is 5.58. The van der Waals surface area contributed by atoms with Crippen LogP contribution in [0, 0.1) is 5.41 Å². The molecule has 26 heavy (non-hydrogen) atoms. The Labute approximate surface area is 152 Å². The van der Waals surface area contributed by atoms with Gasteiger partial charge < -0.3 is 9.72 Å². The van der Waals surface area contributed by atoms with Crippen LogP contribution in [0.25, 0.3) is 11.0 Å². The van der Waals surface area contributed by atoms with Gasteiger partial charge >= 0.3 is 0 Å². The number of hydrogen-bond donors (Lipinski definition) is 1. The van der Waals surface area contributed by atoms with Crippen molar-refractivity contribution in [1.82, 2.24) is 9.97 Å². The van der Waals surface area contributed by atoms with Gasteiger partial charge in [0.1, 0.15) is 5.75 Å². The van der Waals surface area contributed by atoms with Gasteiger partial charge in [0.05, 0.1) is 18.1 Å². The molecule has 4 nitrogen and oxygen atoms in total. The number of methoxy groups -OCH3 is 1. The number of H-pyrrole nitrogens is 1. The number of ether oxygens (including phenoxy) is 1. The third kappa shape index (κ3) is 4.05. The standard InChI is InChI=1S/C20H26F2N2O2/c1-19(9-3-4-10-19)11-5-6-12-20(21,22)17-18(25)24-16-13-14(26-2)7-8-15(16)23-17/h7-8,13H,3-6,9-12H2,1-2H3,(H,24,25). The summed E-state index contributed by atoms with van der Waals surface area (Å²) in [5.41, 5.74) is -0.491. The molecular weight excluding hydrogens is 338 g/mol. The molecule has 0 amide bonds. The zero-order valence-electron chi connectivity index (χ0n) is 15.4. The Balaban J connectivity index is 1.69. The van der Waals surface area contributed by atoms with Gasteiger partial charge in [0.15, 0.2) is 5.69 Å². The highest BCUT2D eigenvalue weighted by Gasteiger charge is 2.36. The smallest absolute Gasteiger partial charge is 0.295 e. The first-order valence-electron chi connectivity index (χ1n) is 9.29. The number of nitrogens with zero attached hydrogens (tertiary/aromatic N) is 1. The maximum atomic E-state index is 14.6. The van der Waals surface area contributed by atoms with Gasteiger partial charge in [0.25, 0.3) is 11.5 Å². The summed E-state index contributed by atoms with van der Waals surface area (Å²) in [6, 6.07) is 4.79. The van der Waals surface area contributed by atoms with Gasteiger partial charge in [-0.25, -0.2) is 4.98 Å². The van der Waals surface area contributed by atoms with Crippen molar-refractivity contribution in [2.24, 2.45) is 5.41 Å². The molecule has 0 radical (unpaired) electrons. The van der Waals surface area contributed by atoms with Crippen LogP contribution in [0.2, 0.25) is 0 Å². The maximum Gasteiger partial charge on any atom is 0.295 e. The van der Waals surface area contributed by atoms with Gasteiger partial charge in [0.2, 0.25) is 0 Å². The van der Waals surface area contributed by atoms with E-state index in [4.69, 9.17) is 4.74 Å². The summed E-state index contributed by atoms with van der Waals surface area (Å²) >= 11 is 0. The lowest BCUT2D eigenvalue weighted by molar-refractivity contribution is -0.0219. The van der Waals surface area contributed by atoms with E-state index in [0.29, 0.717) is 28.6 Å². The van der Waals surface area contributed by atoms with Crippen LogP contribution < -0.4 is 10.3 Å².